The Balaban J connectivity index is 2.13. The molecule has 0 atom stereocenters. The minimum Gasteiger partial charge on any atom is -0.398 e. The van der Waals surface area contributed by atoms with Crippen molar-refractivity contribution in [2.24, 2.45) is 0 Å². The van der Waals surface area contributed by atoms with E-state index in [0.29, 0.717) is 5.75 Å². The van der Waals surface area contributed by atoms with Gasteiger partial charge in [0.05, 0.1) is 0 Å². The molecule has 0 spiro atoms. The minimum atomic E-state index is -0.224. The SMILES string of the molecule is Nc1cc(Br)ccc1SCc1cc(F)ccc1Br. The van der Waals surface area contributed by atoms with Crippen LogP contribution in [0, 0.1) is 5.82 Å². The molecule has 0 aliphatic carbocycles. The molecule has 0 aliphatic heterocycles. The van der Waals surface area contributed by atoms with Gasteiger partial charge in [-0.3, -0.25) is 0 Å². The second kappa shape index (κ2) is 6.08. The van der Waals surface area contributed by atoms with E-state index in [4.69, 9.17) is 5.73 Å². The van der Waals surface area contributed by atoms with Crippen LogP contribution >= 0.6 is 43.6 Å². The van der Waals surface area contributed by atoms with E-state index in [1.165, 1.54) is 12.1 Å². The highest BCUT2D eigenvalue weighted by Gasteiger charge is 2.05. The predicted octanol–water partition coefficient (Wildman–Crippen LogP) is 5.23. The fraction of sp³-hybridized carbons (Fsp3) is 0.0769. The van der Waals surface area contributed by atoms with Gasteiger partial charge in [0.15, 0.2) is 0 Å². The van der Waals surface area contributed by atoms with E-state index in [9.17, 15) is 4.39 Å². The van der Waals surface area contributed by atoms with Gasteiger partial charge in [-0.25, -0.2) is 4.39 Å². The summed E-state index contributed by atoms with van der Waals surface area (Å²) in [5.41, 5.74) is 7.56. The van der Waals surface area contributed by atoms with E-state index in [-0.39, 0.29) is 5.82 Å². The van der Waals surface area contributed by atoms with Gasteiger partial charge in [-0.05, 0) is 42.0 Å². The summed E-state index contributed by atoms with van der Waals surface area (Å²) in [6.07, 6.45) is 0. The molecule has 0 saturated carbocycles. The first kappa shape index (κ1) is 13.9. The molecule has 2 N–H and O–H groups in total. The quantitative estimate of drug-likeness (QED) is 0.573. The zero-order valence-electron chi connectivity index (χ0n) is 9.29. The molecule has 0 bridgehead atoms. The smallest absolute Gasteiger partial charge is 0.123 e. The van der Waals surface area contributed by atoms with Crippen molar-refractivity contribution in [3.63, 3.8) is 0 Å². The normalized spacial score (nSPS) is 10.6. The molecule has 0 radical (unpaired) electrons. The molecule has 2 aromatic rings. The first-order valence-electron chi connectivity index (χ1n) is 5.18. The third-order valence-corrected chi connectivity index (χ3v) is 4.77. The number of benzene rings is 2. The van der Waals surface area contributed by atoms with E-state index in [0.717, 1.165) is 25.1 Å². The van der Waals surface area contributed by atoms with Gasteiger partial charge in [0.25, 0.3) is 0 Å². The fourth-order valence-electron chi connectivity index (χ4n) is 1.46. The minimum absolute atomic E-state index is 0.224. The highest BCUT2D eigenvalue weighted by molar-refractivity contribution is 9.10. The van der Waals surface area contributed by atoms with Gasteiger partial charge in [-0.2, -0.15) is 0 Å². The second-order valence-electron chi connectivity index (χ2n) is 3.71. The molecule has 18 heavy (non-hydrogen) atoms. The number of thioether (sulfide) groups is 1. The van der Waals surface area contributed by atoms with Crippen LogP contribution in [0.1, 0.15) is 5.56 Å². The number of anilines is 1. The largest absolute Gasteiger partial charge is 0.398 e. The number of halogens is 3. The summed E-state index contributed by atoms with van der Waals surface area (Å²) in [5, 5.41) is 0. The summed E-state index contributed by atoms with van der Waals surface area (Å²) in [4.78, 5) is 0.995. The number of hydrogen-bond acceptors (Lipinski definition) is 2. The Hall–Kier alpha value is -0.520. The Labute approximate surface area is 126 Å². The van der Waals surface area contributed by atoms with Crippen LogP contribution in [0.25, 0.3) is 0 Å². The van der Waals surface area contributed by atoms with Gasteiger partial charge in [-0.15, -0.1) is 11.8 Å². The zero-order chi connectivity index (χ0) is 13.1. The van der Waals surface area contributed by atoms with Gasteiger partial charge < -0.3 is 5.73 Å². The molecule has 1 nitrogen and oxygen atoms in total. The third kappa shape index (κ3) is 3.49. The van der Waals surface area contributed by atoms with Gasteiger partial charge in [-0.1, -0.05) is 31.9 Å². The molecule has 0 fully saturated rings. The highest BCUT2D eigenvalue weighted by atomic mass is 79.9. The van der Waals surface area contributed by atoms with Crippen molar-refractivity contribution in [2.75, 3.05) is 5.73 Å². The molecule has 5 heteroatoms. The average molecular weight is 391 g/mol. The number of nitrogen functional groups attached to an aromatic ring is 1. The van der Waals surface area contributed by atoms with Crippen molar-refractivity contribution in [1.29, 1.82) is 0 Å². The average Bonchev–Trinajstić information content (AvgIpc) is 2.32. The Kier molecular flexibility index (Phi) is 4.70. The first-order valence-corrected chi connectivity index (χ1v) is 7.75. The van der Waals surface area contributed by atoms with E-state index in [1.807, 2.05) is 18.2 Å². The van der Waals surface area contributed by atoms with Crippen LogP contribution in [0.15, 0.2) is 50.2 Å². The van der Waals surface area contributed by atoms with Crippen LogP contribution in [0.4, 0.5) is 10.1 Å². The maximum atomic E-state index is 13.1. The highest BCUT2D eigenvalue weighted by Crippen LogP contribution is 2.32. The Morgan fingerprint density at radius 2 is 1.89 bits per heavy atom. The van der Waals surface area contributed by atoms with Crippen LogP contribution in [-0.4, -0.2) is 0 Å². The number of hydrogen-bond donors (Lipinski definition) is 1. The zero-order valence-corrected chi connectivity index (χ0v) is 13.3. The molecule has 0 unspecified atom stereocenters. The maximum Gasteiger partial charge on any atom is 0.123 e. The summed E-state index contributed by atoms with van der Waals surface area (Å²) < 4.78 is 15.0. The molecular formula is C13H10Br2FNS. The molecule has 0 saturated heterocycles. The molecule has 94 valence electrons. The lowest BCUT2D eigenvalue weighted by Crippen LogP contribution is -1.90. The number of rotatable bonds is 3. The second-order valence-corrected chi connectivity index (χ2v) is 6.49. The Bertz CT molecular complexity index is 575. The van der Waals surface area contributed by atoms with Crippen LogP contribution in [0.2, 0.25) is 0 Å². The van der Waals surface area contributed by atoms with Gasteiger partial charge in [0, 0.05) is 25.3 Å². The van der Waals surface area contributed by atoms with Gasteiger partial charge in [0.2, 0.25) is 0 Å². The van der Waals surface area contributed by atoms with Crippen molar-refractivity contribution < 1.29 is 4.39 Å². The first-order chi connectivity index (χ1) is 8.56. The summed E-state index contributed by atoms with van der Waals surface area (Å²) in [6.45, 7) is 0. The van der Waals surface area contributed by atoms with Crippen LogP contribution < -0.4 is 5.73 Å². The van der Waals surface area contributed by atoms with Crippen LogP contribution in [-0.2, 0) is 5.75 Å². The van der Waals surface area contributed by atoms with Gasteiger partial charge in [0.1, 0.15) is 5.82 Å². The lowest BCUT2D eigenvalue weighted by atomic mass is 10.2. The van der Waals surface area contributed by atoms with Crippen molar-refractivity contribution in [2.45, 2.75) is 10.6 Å². The predicted molar refractivity (Wildman–Crippen MR) is 82.2 cm³/mol. The lowest BCUT2D eigenvalue weighted by molar-refractivity contribution is 0.626. The van der Waals surface area contributed by atoms with E-state index in [1.54, 1.807) is 17.8 Å². The Morgan fingerprint density at radius 3 is 2.61 bits per heavy atom. The topological polar surface area (TPSA) is 26.0 Å². The molecule has 0 amide bonds. The summed E-state index contributed by atoms with van der Waals surface area (Å²) in [5.74, 6) is 0.446. The summed E-state index contributed by atoms with van der Waals surface area (Å²) in [6, 6.07) is 10.5. The number of nitrogens with two attached hydrogens (primary N) is 1. The van der Waals surface area contributed by atoms with Crippen LogP contribution in [0.5, 0.6) is 0 Å². The van der Waals surface area contributed by atoms with Crippen molar-refractivity contribution in [3.8, 4) is 0 Å². The third-order valence-electron chi connectivity index (χ3n) is 2.36. The molecule has 0 heterocycles. The lowest BCUT2D eigenvalue weighted by Gasteiger charge is -2.07. The van der Waals surface area contributed by atoms with Gasteiger partial charge >= 0.3 is 0 Å². The molecule has 2 aromatic carbocycles. The monoisotopic (exact) mass is 389 g/mol. The van der Waals surface area contributed by atoms with E-state index in [2.05, 4.69) is 31.9 Å². The van der Waals surface area contributed by atoms with E-state index < -0.39 is 0 Å². The molecule has 2 rings (SSSR count). The van der Waals surface area contributed by atoms with Crippen molar-refractivity contribution in [3.05, 3.63) is 56.7 Å². The summed E-state index contributed by atoms with van der Waals surface area (Å²) in [7, 11) is 0. The molecule has 0 aromatic heterocycles. The molecular weight excluding hydrogens is 381 g/mol. The summed E-state index contributed by atoms with van der Waals surface area (Å²) >= 11 is 8.37. The van der Waals surface area contributed by atoms with Crippen molar-refractivity contribution >= 4 is 49.3 Å². The van der Waals surface area contributed by atoms with Crippen LogP contribution in [0.3, 0.4) is 0 Å². The maximum absolute atomic E-state index is 13.1. The standard InChI is InChI=1S/C13H10Br2FNS/c14-9-1-4-13(12(17)6-9)18-7-8-5-10(16)2-3-11(8)15/h1-6H,7,17H2. The molecule has 0 aliphatic rings. The van der Waals surface area contributed by atoms with Crippen molar-refractivity contribution in [1.82, 2.24) is 0 Å². The van der Waals surface area contributed by atoms with E-state index >= 15 is 0 Å². The Morgan fingerprint density at radius 1 is 1.11 bits per heavy atom. The fourth-order valence-corrected chi connectivity index (χ4v) is 3.35.